The van der Waals surface area contributed by atoms with Gasteiger partial charge in [-0.2, -0.15) is 0 Å². The van der Waals surface area contributed by atoms with E-state index in [1.54, 1.807) is 23.4 Å². The molecular weight excluding hydrogens is 455 g/mol. The number of carbonyl (C=O) groups is 2. The van der Waals surface area contributed by atoms with E-state index < -0.39 is 5.92 Å². The topological polar surface area (TPSA) is 67.2 Å². The highest BCUT2D eigenvalue weighted by molar-refractivity contribution is 5.98. The van der Waals surface area contributed by atoms with E-state index >= 15 is 0 Å². The Labute approximate surface area is 209 Å². The highest BCUT2D eigenvalue weighted by Gasteiger charge is 2.35. The number of hydrogen-bond donors (Lipinski definition) is 1. The molecule has 1 unspecified atom stereocenters. The van der Waals surface area contributed by atoms with E-state index in [0.717, 1.165) is 16.7 Å². The maximum Gasteiger partial charge on any atom is 0.230 e. The molecule has 0 bridgehead atoms. The van der Waals surface area contributed by atoms with Gasteiger partial charge in [-0.3, -0.25) is 9.59 Å². The molecule has 1 aliphatic heterocycles. The minimum absolute atomic E-state index is 0.0349. The number of likely N-dealkylation sites (tertiary alicyclic amines) is 1. The van der Waals surface area contributed by atoms with Crippen molar-refractivity contribution in [1.82, 2.24) is 14.5 Å². The quantitative estimate of drug-likeness (QED) is 0.402. The highest BCUT2D eigenvalue weighted by Crippen LogP contribution is 2.29. The number of nitrogens with one attached hydrogen (secondary N) is 1. The summed E-state index contributed by atoms with van der Waals surface area (Å²) in [5.41, 5.74) is 4.50. The zero-order valence-electron chi connectivity index (χ0n) is 20.0. The summed E-state index contributed by atoms with van der Waals surface area (Å²) >= 11 is 0. The molecule has 1 atom stereocenters. The molecule has 5 rings (SSSR count). The zero-order chi connectivity index (χ0) is 25.1. The van der Waals surface area contributed by atoms with Crippen molar-refractivity contribution in [2.24, 2.45) is 5.92 Å². The molecule has 6 nitrogen and oxygen atoms in total. The van der Waals surface area contributed by atoms with Crippen LogP contribution in [0, 0.1) is 18.7 Å². The third-order valence-electron chi connectivity index (χ3n) is 6.47. The van der Waals surface area contributed by atoms with E-state index in [9.17, 15) is 14.0 Å². The second kappa shape index (κ2) is 10.2. The molecule has 7 heteroatoms. The molecule has 182 valence electrons. The van der Waals surface area contributed by atoms with Gasteiger partial charge < -0.3 is 14.8 Å². The van der Waals surface area contributed by atoms with Gasteiger partial charge in [0.1, 0.15) is 17.3 Å². The molecule has 0 radical (unpaired) electrons. The molecule has 2 heterocycles. The molecule has 2 amide bonds. The van der Waals surface area contributed by atoms with Crippen LogP contribution in [0.2, 0.25) is 0 Å². The van der Waals surface area contributed by atoms with E-state index in [0.29, 0.717) is 36.7 Å². The molecule has 4 aromatic rings. The number of halogens is 1. The van der Waals surface area contributed by atoms with Gasteiger partial charge in [0.2, 0.25) is 11.8 Å². The number of imidazole rings is 1. The Balaban J connectivity index is 1.36. The lowest BCUT2D eigenvalue weighted by molar-refractivity contribution is -0.128. The number of anilines is 1. The standard InChI is InChI=1S/C29H27FN4O2/c1-20-7-9-22(10-8-20)16-33-18-24(15-26(33)35)29(36)32-28-27(23-11-13-25(30)14-12-23)31-19-34(28)17-21-5-3-2-4-6-21/h2-14,19,24H,15-18H2,1H3,(H,32,36). The van der Waals surface area contributed by atoms with Crippen LogP contribution in [-0.4, -0.2) is 32.8 Å². The normalized spacial score (nSPS) is 15.3. The molecule has 3 aromatic carbocycles. The first-order chi connectivity index (χ1) is 17.5. The summed E-state index contributed by atoms with van der Waals surface area (Å²) in [5.74, 6) is -0.546. The number of hydrogen-bond acceptors (Lipinski definition) is 3. The second-order valence-electron chi connectivity index (χ2n) is 9.21. The first-order valence-corrected chi connectivity index (χ1v) is 12.0. The van der Waals surface area contributed by atoms with Crippen molar-refractivity contribution < 1.29 is 14.0 Å². The monoisotopic (exact) mass is 482 g/mol. The predicted octanol–water partition coefficient (Wildman–Crippen LogP) is 5.03. The van der Waals surface area contributed by atoms with Crippen molar-refractivity contribution in [3.05, 3.63) is 108 Å². The molecular formula is C29H27FN4O2. The van der Waals surface area contributed by atoms with Gasteiger partial charge in [0.05, 0.1) is 18.8 Å². The van der Waals surface area contributed by atoms with E-state index in [2.05, 4.69) is 10.3 Å². The van der Waals surface area contributed by atoms with Gasteiger partial charge >= 0.3 is 0 Å². The van der Waals surface area contributed by atoms with E-state index in [1.807, 2.05) is 66.1 Å². The Bertz CT molecular complexity index is 1360. The van der Waals surface area contributed by atoms with Crippen molar-refractivity contribution in [3.8, 4) is 11.3 Å². The van der Waals surface area contributed by atoms with Crippen molar-refractivity contribution in [2.75, 3.05) is 11.9 Å². The largest absolute Gasteiger partial charge is 0.338 e. The number of aryl methyl sites for hydroxylation is 1. The fourth-order valence-corrected chi connectivity index (χ4v) is 4.47. The summed E-state index contributed by atoms with van der Waals surface area (Å²) < 4.78 is 15.4. The summed E-state index contributed by atoms with van der Waals surface area (Å²) in [6.45, 7) is 3.37. The molecule has 0 aliphatic carbocycles. The number of carbonyl (C=O) groups excluding carboxylic acids is 2. The van der Waals surface area contributed by atoms with Crippen molar-refractivity contribution in [2.45, 2.75) is 26.4 Å². The Morgan fingerprint density at radius 2 is 1.67 bits per heavy atom. The maximum absolute atomic E-state index is 13.5. The molecule has 1 saturated heterocycles. The van der Waals surface area contributed by atoms with Crippen LogP contribution in [0.25, 0.3) is 11.3 Å². The van der Waals surface area contributed by atoms with Crippen LogP contribution < -0.4 is 5.32 Å². The van der Waals surface area contributed by atoms with Crippen LogP contribution >= 0.6 is 0 Å². The van der Waals surface area contributed by atoms with E-state index in [-0.39, 0.29) is 24.1 Å². The predicted molar refractivity (Wildman–Crippen MR) is 136 cm³/mol. The van der Waals surface area contributed by atoms with Gasteiger partial charge in [0.15, 0.2) is 0 Å². The third kappa shape index (κ3) is 5.20. The lowest BCUT2D eigenvalue weighted by atomic mass is 10.1. The zero-order valence-corrected chi connectivity index (χ0v) is 20.0. The number of amides is 2. The van der Waals surface area contributed by atoms with Crippen molar-refractivity contribution in [1.29, 1.82) is 0 Å². The fraction of sp³-hybridized carbons (Fsp3) is 0.207. The van der Waals surface area contributed by atoms with Crippen LogP contribution in [-0.2, 0) is 22.7 Å². The number of aromatic nitrogens is 2. The molecule has 0 saturated carbocycles. The van der Waals surface area contributed by atoms with Crippen LogP contribution in [0.3, 0.4) is 0 Å². The molecule has 0 spiro atoms. The maximum atomic E-state index is 13.5. The number of nitrogens with zero attached hydrogens (tertiary/aromatic N) is 3. The van der Waals surface area contributed by atoms with Crippen LogP contribution in [0.15, 0.2) is 85.2 Å². The van der Waals surface area contributed by atoms with Crippen LogP contribution in [0.1, 0.15) is 23.1 Å². The molecule has 1 N–H and O–H groups in total. The number of benzene rings is 3. The first-order valence-electron chi connectivity index (χ1n) is 12.0. The van der Waals surface area contributed by atoms with Gasteiger partial charge in [-0.05, 0) is 42.3 Å². The lowest BCUT2D eigenvalue weighted by Crippen LogP contribution is -2.28. The van der Waals surface area contributed by atoms with Crippen LogP contribution in [0.5, 0.6) is 0 Å². The fourth-order valence-electron chi connectivity index (χ4n) is 4.47. The van der Waals surface area contributed by atoms with Gasteiger partial charge in [-0.25, -0.2) is 9.37 Å². The number of rotatable bonds is 7. The average molecular weight is 483 g/mol. The Morgan fingerprint density at radius 3 is 2.39 bits per heavy atom. The third-order valence-corrected chi connectivity index (χ3v) is 6.47. The first kappa shape index (κ1) is 23.5. The van der Waals surface area contributed by atoms with Gasteiger partial charge in [0.25, 0.3) is 0 Å². The van der Waals surface area contributed by atoms with Crippen molar-refractivity contribution >= 4 is 17.6 Å². The van der Waals surface area contributed by atoms with Gasteiger partial charge in [0, 0.05) is 25.1 Å². The second-order valence-corrected chi connectivity index (χ2v) is 9.21. The Morgan fingerprint density at radius 1 is 0.972 bits per heavy atom. The lowest BCUT2D eigenvalue weighted by Gasteiger charge is -2.17. The Kier molecular flexibility index (Phi) is 6.62. The summed E-state index contributed by atoms with van der Waals surface area (Å²) in [7, 11) is 0. The van der Waals surface area contributed by atoms with E-state index in [1.165, 1.54) is 12.1 Å². The summed E-state index contributed by atoms with van der Waals surface area (Å²) in [4.78, 5) is 32.3. The molecule has 1 aromatic heterocycles. The van der Waals surface area contributed by atoms with Gasteiger partial charge in [-0.1, -0.05) is 60.2 Å². The molecule has 1 aliphatic rings. The van der Waals surface area contributed by atoms with Crippen LogP contribution in [0.4, 0.5) is 10.2 Å². The smallest absolute Gasteiger partial charge is 0.230 e. The van der Waals surface area contributed by atoms with Gasteiger partial charge in [-0.15, -0.1) is 0 Å². The highest BCUT2D eigenvalue weighted by atomic mass is 19.1. The minimum atomic E-state index is -0.468. The molecule has 1 fully saturated rings. The summed E-state index contributed by atoms with van der Waals surface area (Å²) in [5, 5.41) is 3.04. The minimum Gasteiger partial charge on any atom is -0.338 e. The van der Waals surface area contributed by atoms with Crippen molar-refractivity contribution in [3.63, 3.8) is 0 Å². The average Bonchev–Trinajstić information content (AvgIpc) is 3.45. The van der Waals surface area contributed by atoms with E-state index in [4.69, 9.17) is 0 Å². The summed E-state index contributed by atoms with van der Waals surface area (Å²) in [6, 6.07) is 23.9. The SMILES string of the molecule is Cc1ccc(CN2CC(C(=O)Nc3c(-c4ccc(F)cc4)ncn3Cc3ccccc3)CC2=O)cc1. The Hall–Kier alpha value is -4.26. The molecule has 36 heavy (non-hydrogen) atoms. The summed E-state index contributed by atoms with van der Waals surface area (Å²) in [6.07, 6.45) is 1.83.